The van der Waals surface area contributed by atoms with Crippen LogP contribution in [-0.2, 0) is 14.2 Å². The fourth-order valence-electron chi connectivity index (χ4n) is 2.21. The van der Waals surface area contributed by atoms with E-state index in [1.54, 1.807) is 31.2 Å². The summed E-state index contributed by atoms with van der Waals surface area (Å²) in [6.07, 6.45) is -5.72. The van der Waals surface area contributed by atoms with Crippen molar-refractivity contribution >= 4 is 17.5 Å². The van der Waals surface area contributed by atoms with Crippen LogP contribution in [-0.4, -0.2) is 64.5 Å². The summed E-state index contributed by atoms with van der Waals surface area (Å²) < 4.78 is 21.2. The molecule has 7 nitrogen and oxygen atoms in total. The number of aliphatic hydroxyl groups is 3. The Bertz CT molecular complexity index is 498. The molecule has 8 heteroatoms. The quantitative estimate of drug-likeness (QED) is 0.652. The molecule has 1 fully saturated rings. The van der Waals surface area contributed by atoms with E-state index in [1.807, 2.05) is 6.07 Å². The molecule has 0 aliphatic carbocycles. The minimum absolute atomic E-state index is 0.256. The fraction of sp³-hybridized carbons (Fsp3) is 0.533. The van der Waals surface area contributed by atoms with Crippen molar-refractivity contribution in [1.82, 2.24) is 0 Å². The molecule has 5 atom stereocenters. The van der Waals surface area contributed by atoms with Crippen LogP contribution in [0.1, 0.15) is 6.92 Å². The van der Waals surface area contributed by atoms with Gasteiger partial charge in [-0.2, -0.15) is 0 Å². The number of benzene rings is 1. The zero-order valence-electron chi connectivity index (χ0n) is 12.6. The SMILES string of the molecule is CCO[C@H]1O[C@H](CO)[C@H](O)[C@H](OC(=S)Oc2ccccc2)[C@H]1O. The number of hydrogen-bond donors (Lipinski definition) is 3. The van der Waals surface area contributed by atoms with Crippen LogP contribution in [0.15, 0.2) is 30.3 Å². The average molecular weight is 344 g/mol. The van der Waals surface area contributed by atoms with Gasteiger partial charge in [-0.05, 0) is 19.1 Å². The molecule has 1 aromatic rings. The minimum Gasteiger partial charge on any atom is -0.447 e. The topological polar surface area (TPSA) is 97.6 Å². The molecule has 2 rings (SSSR count). The first-order valence-electron chi connectivity index (χ1n) is 7.24. The van der Waals surface area contributed by atoms with Crippen molar-refractivity contribution in [2.24, 2.45) is 0 Å². The molecule has 0 unspecified atom stereocenters. The molecular formula is C15H20O7S. The second-order valence-corrected chi connectivity index (χ2v) is 5.24. The average Bonchev–Trinajstić information content (AvgIpc) is 2.55. The van der Waals surface area contributed by atoms with Gasteiger partial charge < -0.3 is 34.3 Å². The van der Waals surface area contributed by atoms with Gasteiger partial charge >= 0.3 is 5.24 Å². The highest BCUT2D eigenvalue weighted by Gasteiger charge is 2.47. The van der Waals surface area contributed by atoms with E-state index in [0.717, 1.165) is 0 Å². The largest absolute Gasteiger partial charge is 0.447 e. The molecule has 1 aromatic carbocycles. The number of aliphatic hydroxyl groups excluding tert-OH is 3. The van der Waals surface area contributed by atoms with Crippen molar-refractivity contribution in [2.45, 2.75) is 37.6 Å². The Hall–Kier alpha value is -1.29. The summed E-state index contributed by atoms with van der Waals surface area (Å²) in [6.45, 7) is 1.56. The van der Waals surface area contributed by atoms with E-state index >= 15 is 0 Å². The number of rotatable bonds is 5. The molecule has 0 aromatic heterocycles. The predicted molar refractivity (Wildman–Crippen MR) is 83.9 cm³/mol. The first kappa shape index (κ1) is 18.1. The van der Waals surface area contributed by atoms with Gasteiger partial charge in [0, 0.05) is 18.8 Å². The molecule has 1 heterocycles. The fourth-order valence-corrected chi connectivity index (χ4v) is 2.42. The molecule has 0 saturated carbocycles. The van der Waals surface area contributed by atoms with Crippen LogP contribution in [0.4, 0.5) is 0 Å². The van der Waals surface area contributed by atoms with Gasteiger partial charge in [-0.15, -0.1) is 0 Å². The first-order valence-corrected chi connectivity index (χ1v) is 7.65. The van der Waals surface area contributed by atoms with E-state index in [-0.39, 0.29) is 11.8 Å². The Morgan fingerprint density at radius 2 is 1.91 bits per heavy atom. The molecule has 23 heavy (non-hydrogen) atoms. The lowest BCUT2D eigenvalue weighted by molar-refractivity contribution is -0.298. The van der Waals surface area contributed by atoms with E-state index in [2.05, 4.69) is 0 Å². The molecule has 1 saturated heterocycles. The predicted octanol–water partition coefficient (Wildman–Crippen LogP) is 0.211. The first-order chi connectivity index (χ1) is 11.1. The van der Waals surface area contributed by atoms with Crippen LogP contribution in [0.5, 0.6) is 5.75 Å². The maximum atomic E-state index is 10.2. The van der Waals surface area contributed by atoms with Crippen LogP contribution in [0.3, 0.4) is 0 Å². The Labute approximate surface area is 139 Å². The van der Waals surface area contributed by atoms with E-state index in [9.17, 15) is 15.3 Å². The Balaban J connectivity index is 2.03. The van der Waals surface area contributed by atoms with Crippen LogP contribution in [0, 0.1) is 0 Å². The molecule has 128 valence electrons. The smallest absolute Gasteiger partial charge is 0.358 e. The monoisotopic (exact) mass is 344 g/mol. The lowest BCUT2D eigenvalue weighted by atomic mass is 9.99. The van der Waals surface area contributed by atoms with Gasteiger partial charge in [0.1, 0.15) is 24.1 Å². The van der Waals surface area contributed by atoms with Gasteiger partial charge in [-0.3, -0.25) is 0 Å². The summed E-state index contributed by atoms with van der Waals surface area (Å²) in [6, 6.07) is 8.73. The Morgan fingerprint density at radius 1 is 1.22 bits per heavy atom. The lowest BCUT2D eigenvalue weighted by Crippen LogP contribution is -2.60. The summed E-state index contributed by atoms with van der Waals surface area (Å²) in [7, 11) is 0. The van der Waals surface area contributed by atoms with Crippen LogP contribution >= 0.6 is 12.2 Å². The summed E-state index contributed by atoms with van der Waals surface area (Å²) in [5.74, 6) is 0.466. The van der Waals surface area contributed by atoms with Crippen molar-refractivity contribution in [2.75, 3.05) is 13.2 Å². The van der Waals surface area contributed by atoms with E-state index in [1.165, 1.54) is 0 Å². The third kappa shape index (κ3) is 4.60. The molecule has 0 amide bonds. The van der Waals surface area contributed by atoms with Gasteiger partial charge in [0.25, 0.3) is 0 Å². The van der Waals surface area contributed by atoms with Crippen molar-refractivity contribution in [3.8, 4) is 5.75 Å². The van der Waals surface area contributed by atoms with Crippen LogP contribution < -0.4 is 4.74 Å². The van der Waals surface area contributed by atoms with E-state index in [4.69, 9.17) is 31.2 Å². The third-order valence-electron chi connectivity index (χ3n) is 3.33. The molecule has 1 aliphatic heterocycles. The number of ether oxygens (including phenoxy) is 4. The standard InChI is InChI=1S/C15H20O7S/c1-2-19-14-12(18)13(11(17)10(8-16)21-14)22-15(23)20-9-6-4-3-5-7-9/h3-7,10-14,16-18H,2,8H2,1H3/t10-,11+,12-,13+,14+/m1/s1. The van der Waals surface area contributed by atoms with Crippen molar-refractivity contribution in [3.05, 3.63) is 30.3 Å². The van der Waals surface area contributed by atoms with Crippen molar-refractivity contribution in [3.63, 3.8) is 0 Å². The highest BCUT2D eigenvalue weighted by Crippen LogP contribution is 2.25. The summed E-state index contributed by atoms with van der Waals surface area (Å²) in [5, 5.41) is 29.4. The van der Waals surface area contributed by atoms with Crippen molar-refractivity contribution in [1.29, 1.82) is 0 Å². The lowest BCUT2D eigenvalue weighted by Gasteiger charge is -2.41. The zero-order chi connectivity index (χ0) is 16.8. The van der Waals surface area contributed by atoms with Crippen LogP contribution in [0.25, 0.3) is 0 Å². The second-order valence-electron chi connectivity index (χ2n) is 4.91. The molecule has 1 aliphatic rings. The van der Waals surface area contributed by atoms with Crippen molar-refractivity contribution < 1.29 is 34.3 Å². The highest BCUT2D eigenvalue weighted by molar-refractivity contribution is 7.79. The Morgan fingerprint density at radius 3 is 2.52 bits per heavy atom. The summed E-state index contributed by atoms with van der Waals surface area (Å²) in [5.41, 5.74) is 0. The number of hydrogen-bond acceptors (Lipinski definition) is 8. The molecule has 0 spiro atoms. The van der Waals surface area contributed by atoms with E-state index in [0.29, 0.717) is 5.75 Å². The van der Waals surface area contributed by atoms with E-state index < -0.39 is 37.3 Å². The maximum absolute atomic E-state index is 10.2. The molecule has 0 bridgehead atoms. The molecule has 3 N–H and O–H groups in total. The number of thiocarbonyl (C=S) groups is 1. The minimum atomic E-state index is -1.29. The van der Waals surface area contributed by atoms with Gasteiger partial charge in [-0.25, -0.2) is 0 Å². The van der Waals surface area contributed by atoms with Crippen LogP contribution in [0.2, 0.25) is 0 Å². The molecule has 0 radical (unpaired) electrons. The van der Waals surface area contributed by atoms with Gasteiger partial charge in [0.05, 0.1) is 6.61 Å². The summed E-state index contributed by atoms with van der Waals surface area (Å²) >= 11 is 4.99. The number of para-hydroxylation sites is 1. The highest BCUT2D eigenvalue weighted by atomic mass is 32.1. The second kappa shape index (κ2) is 8.53. The Kier molecular flexibility index (Phi) is 6.70. The zero-order valence-corrected chi connectivity index (χ0v) is 13.4. The van der Waals surface area contributed by atoms with Gasteiger partial charge in [-0.1, -0.05) is 18.2 Å². The summed E-state index contributed by atoms with van der Waals surface area (Å²) in [4.78, 5) is 0. The third-order valence-corrected chi connectivity index (χ3v) is 3.51. The molecular weight excluding hydrogens is 324 g/mol. The normalized spacial score (nSPS) is 30.7. The van der Waals surface area contributed by atoms with Gasteiger partial charge in [0.2, 0.25) is 0 Å². The maximum Gasteiger partial charge on any atom is 0.358 e. The van der Waals surface area contributed by atoms with Gasteiger partial charge in [0.15, 0.2) is 12.4 Å².